The lowest BCUT2D eigenvalue weighted by Gasteiger charge is -2.40. The zero-order chi connectivity index (χ0) is 28.2. The first-order chi connectivity index (χ1) is 19.1. The van der Waals surface area contributed by atoms with Crippen LogP contribution in [0.2, 0.25) is 10.0 Å². The Morgan fingerprint density at radius 2 is 1.62 bits per heavy atom. The van der Waals surface area contributed by atoms with Crippen LogP contribution in [0.1, 0.15) is 70.9 Å². The Labute approximate surface area is 241 Å². The number of aromatic nitrogens is 1. The van der Waals surface area contributed by atoms with Gasteiger partial charge in [0.15, 0.2) is 5.76 Å². The van der Waals surface area contributed by atoms with E-state index < -0.39 is 21.9 Å². The summed E-state index contributed by atoms with van der Waals surface area (Å²) in [7, 11) is -3.64. The van der Waals surface area contributed by atoms with E-state index in [-0.39, 0.29) is 29.7 Å². The minimum Gasteiger partial charge on any atom is -0.458 e. The maximum Gasteiger partial charge on any atom is 0.344 e. The minimum absolute atomic E-state index is 0.130. The van der Waals surface area contributed by atoms with Crippen LogP contribution in [0.4, 0.5) is 5.69 Å². The smallest absolute Gasteiger partial charge is 0.344 e. The molecule has 9 nitrogen and oxygen atoms in total. The number of hydrogen-bond donors (Lipinski definition) is 1. The number of sulfonamides is 1. The van der Waals surface area contributed by atoms with Gasteiger partial charge in [-0.3, -0.25) is 4.79 Å². The Balaban J connectivity index is 1.19. The number of fused-ring (bicyclic) bond motifs is 2. The predicted molar refractivity (Wildman–Crippen MR) is 150 cm³/mol. The fourth-order valence-electron chi connectivity index (χ4n) is 5.89. The molecule has 1 unspecified atom stereocenters. The van der Waals surface area contributed by atoms with Crippen LogP contribution in [0.5, 0.6) is 0 Å². The molecule has 3 heterocycles. The fraction of sp³-hybridized carbons (Fsp3) is 0.393. The van der Waals surface area contributed by atoms with Crippen molar-refractivity contribution in [3.63, 3.8) is 0 Å². The van der Waals surface area contributed by atoms with Gasteiger partial charge >= 0.3 is 5.97 Å². The van der Waals surface area contributed by atoms with E-state index in [0.29, 0.717) is 45.5 Å². The fourth-order valence-corrected chi connectivity index (χ4v) is 6.92. The molecule has 2 saturated heterocycles. The van der Waals surface area contributed by atoms with E-state index in [0.717, 1.165) is 37.6 Å². The van der Waals surface area contributed by atoms with Crippen molar-refractivity contribution in [2.45, 2.75) is 62.6 Å². The van der Waals surface area contributed by atoms with E-state index in [1.807, 2.05) is 16.9 Å². The van der Waals surface area contributed by atoms with Crippen molar-refractivity contribution >= 4 is 50.8 Å². The predicted octanol–water partition coefficient (Wildman–Crippen LogP) is 5.57. The Bertz CT molecular complexity index is 1550. The number of carbonyl (C=O) groups excluding carboxylic acids is 2. The number of rotatable bonds is 7. The van der Waals surface area contributed by atoms with Crippen LogP contribution >= 0.6 is 23.2 Å². The highest BCUT2D eigenvalue weighted by Crippen LogP contribution is 2.47. The highest BCUT2D eigenvalue weighted by atomic mass is 35.5. The van der Waals surface area contributed by atoms with E-state index in [1.54, 1.807) is 30.3 Å². The zero-order valence-corrected chi connectivity index (χ0v) is 23.9. The first-order valence-corrected chi connectivity index (χ1v) is 15.8. The summed E-state index contributed by atoms with van der Waals surface area (Å²) < 4.78 is 36.5. The van der Waals surface area contributed by atoms with Crippen molar-refractivity contribution in [1.29, 1.82) is 0 Å². The zero-order valence-electron chi connectivity index (χ0n) is 21.6. The molecule has 2 aromatic carbocycles. The summed E-state index contributed by atoms with van der Waals surface area (Å²) >= 11 is 12.9. The van der Waals surface area contributed by atoms with Crippen LogP contribution in [0.15, 0.2) is 47.0 Å². The molecule has 1 aromatic heterocycles. The summed E-state index contributed by atoms with van der Waals surface area (Å²) in [6.07, 6.45) is 5.72. The second-order valence-corrected chi connectivity index (χ2v) is 13.2. The van der Waals surface area contributed by atoms with E-state index in [4.69, 9.17) is 32.5 Å². The molecule has 1 amide bonds. The number of amides is 1. The highest BCUT2D eigenvalue weighted by molar-refractivity contribution is 7.89. The molecule has 210 valence electrons. The number of piperidine rings is 1. The summed E-state index contributed by atoms with van der Waals surface area (Å²) in [6.45, 7) is 0. The van der Waals surface area contributed by atoms with Gasteiger partial charge in [0.05, 0.1) is 16.3 Å². The molecular formula is C28H27Cl2N3O6S. The highest BCUT2D eigenvalue weighted by Gasteiger charge is 2.44. The van der Waals surface area contributed by atoms with Gasteiger partial charge in [0.1, 0.15) is 17.4 Å². The van der Waals surface area contributed by atoms with Gasteiger partial charge < -0.3 is 14.2 Å². The molecule has 12 heteroatoms. The third-order valence-electron chi connectivity index (χ3n) is 7.74. The average molecular weight is 605 g/mol. The monoisotopic (exact) mass is 603 g/mol. The second kappa shape index (κ2) is 10.4. The van der Waals surface area contributed by atoms with Gasteiger partial charge in [-0.05, 0) is 62.1 Å². The normalized spacial score (nSPS) is 22.3. The summed E-state index contributed by atoms with van der Waals surface area (Å²) in [5.74, 6) is -0.491. The Morgan fingerprint density at radius 3 is 2.20 bits per heavy atom. The molecule has 3 aromatic rings. The molecule has 0 spiro atoms. The number of hydrogen-bond acceptors (Lipinski definition) is 8. The molecule has 3 atom stereocenters. The average Bonchev–Trinajstić information content (AvgIpc) is 3.58. The largest absolute Gasteiger partial charge is 0.458 e. The van der Waals surface area contributed by atoms with Crippen LogP contribution in [0.25, 0.3) is 11.3 Å². The molecule has 3 aliphatic rings. The van der Waals surface area contributed by atoms with Crippen LogP contribution < -0.4 is 9.62 Å². The lowest BCUT2D eigenvalue weighted by molar-refractivity contribution is 0.0202. The number of nitrogens with one attached hydrogen (secondary N) is 1. The van der Waals surface area contributed by atoms with Gasteiger partial charge in [0, 0.05) is 47.7 Å². The molecule has 1 N–H and O–H groups in total. The molecule has 6 rings (SSSR count). The molecular weight excluding hydrogens is 577 g/mol. The summed E-state index contributed by atoms with van der Waals surface area (Å²) in [6, 6.07) is 12.3. The van der Waals surface area contributed by atoms with Crippen LogP contribution in [0.3, 0.4) is 0 Å². The van der Waals surface area contributed by atoms with Crippen molar-refractivity contribution in [1.82, 2.24) is 9.88 Å². The third-order valence-corrected chi connectivity index (χ3v) is 8.93. The maximum atomic E-state index is 13.6. The Hall–Kier alpha value is -3.08. The standard InChI is InChI=1S/C28H27Cl2N3O6S/c1-40(36,37)32-27(34)16-7-9-17(10-8-16)33-18-11-12-19(33)14-20(13-18)38-28(35)24-25(31-39-26(24)15-5-6-15)23-21(29)3-2-4-22(23)30/h2-4,7-10,15,18-20H,5-6,11-14H2,1H3,(H,32,34)/t18-,19+,20?. The van der Waals surface area contributed by atoms with Crippen molar-refractivity contribution in [3.8, 4) is 11.3 Å². The van der Waals surface area contributed by atoms with Gasteiger partial charge in [-0.2, -0.15) is 0 Å². The van der Waals surface area contributed by atoms with Crippen molar-refractivity contribution in [3.05, 3.63) is 69.4 Å². The summed E-state index contributed by atoms with van der Waals surface area (Å²) in [5.41, 5.74) is 2.27. The summed E-state index contributed by atoms with van der Waals surface area (Å²) in [5, 5.41) is 4.96. The van der Waals surface area contributed by atoms with Crippen LogP contribution in [-0.4, -0.2) is 49.9 Å². The van der Waals surface area contributed by atoms with E-state index in [1.165, 1.54) is 0 Å². The molecule has 2 aliphatic heterocycles. The number of esters is 1. The van der Waals surface area contributed by atoms with Crippen molar-refractivity contribution in [2.75, 3.05) is 11.2 Å². The number of halogens is 2. The lowest BCUT2D eigenvalue weighted by Crippen LogP contribution is -2.46. The first kappa shape index (κ1) is 27.1. The van der Waals surface area contributed by atoms with Gasteiger partial charge in [-0.25, -0.2) is 17.9 Å². The molecule has 1 saturated carbocycles. The number of ether oxygens (including phenoxy) is 1. The first-order valence-electron chi connectivity index (χ1n) is 13.1. The summed E-state index contributed by atoms with van der Waals surface area (Å²) in [4.78, 5) is 28.1. The number of carbonyl (C=O) groups is 2. The number of nitrogens with zero attached hydrogens (tertiary/aromatic N) is 2. The quantitative estimate of drug-likeness (QED) is 0.348. The van der Waals surface area contributed by atoms with Gasteiger partial charge in [0.2, 0.25) is 10.0 Å². The van der Waals surface area contributed by atoms with E-state index in [9.17, 15) is 18.0 Å². The van der Waals surface area contributed by atoms with Crippen LogP contribution in [-0.2, 0) is 14.8 Å². The van der Waals surface area contributed by atoms with Gasteiger partial charge in [-0.1, -0.05) is 34.4 Å². The van der Waals surface area contributed by atoms with E-state index >= 15 is 0 Å². The topological polar surface area (TPSA) is 119 Å². The number of benzene rings is 2. The third kappa shape index (κ3) is 5.32. The maximum absolute atomic E-state index is 13.6. The Kier molecular flexibility index (Phi) is 7.04. The number of anilines is 1. The molecule has 2 bridgehead atoms. The molecule has 40 heavy (non-hydrogen) atoms. The molecule has 0 radical (unpaired) electrons. The lowest BCUT2D eigenvalue weighted by atomic mass is 9.98. The minimum atomic E-state index is -3.64. The van der Waals surface area contributed by atoms with E-state index in [2.05, 4.69) is 10.1 Å². The van der Waals surface area contributed by atoms with Crippen molar-refractivity contribution < 1.29 is 27.3 Å². The van der Waals surface area contributed by atoms with Gasteiger partial charge in [-0.15, -0.1) is 0 Å². The second-order valence-electron chi connectivity index (χ2n) is 10.7. The SMILES string of the molecule is CS(=O)(=O)NC(=O)c1ccc(N2[C@@H]3CC[C@H]2CC(OC(=O)c2c(-c4c(Cl)cccc4Cl)noc2C2CC2)C3)cc1. The molecule has 1 aliphatic carbocycles. The molecule has 3 fully saturated rings. The Morgan fingerprint density at radius 1 is 1.00 bits per heavy atom. The van der Waals surface area contributed by atoms with Crippen LogP contribution in [0, 0.1) is 0 Å². The van der Waals surface area contributed by atoms with Gasteiger partial charge in [0.25, 0.3) is 5.91 Å². The van der Waals surface area contributed by atoms with Crippen molar-refractivity contribution in [2.24, 2.45) is 0 Å².